The third-order valence-corrected chi connectivity index (χ3v) is 3.91. The summed E-state index contributed by atoms with van der Waals surface area (Å²) < 4.78 is 5.21. The highest BCUT2D eigenvalue weighted by Gasteiger charge is 2.42. The van der Waals surface area contributed by atoms with Gasteiger partial charge in [-0.1, -0.05) is 18.0 Å². The number of rotatable bonds is 4. The molecule has 104 valence electrons. The van der Waals surface area contributed by atoms with Gasteiger partial charge in [-0.15, -0.1) is 0 Å². The Morgan fingerprint density at radius 3 is 2.65 bits per heavy atom. The Kier molecular flexibility index (Phi) is 3.22. The van der Waals surface area contributed by atoms with E-state index in [1.54, 1.807) is 24.5 Å². The predicted molar refractivity (Wildman–Crippen MR) is 69.8 cm³/mol. The number of pyridine rings is 1. The summed E-state index contributed by atoms with van der Waals surface area (Å²) >= 11 is 0. The number of carboxylic acids is 1. The Bertz CT molecular complexity index is 603. The van der Waals surface area contributed by atoms with Crippen molar-refractivity contribution in [2.45, 2.75) is 32.1 Å². The molecule has 0 amide bonds. The van der Waals surface area contributed by atoms with Gasteiger partial charge in [0.15, 0.2) is 0 Å². The second-order valence-corrected chi connectivity index (χ2v) is 5.22. The zero-order valence-corrected chi connectivity index (χ0v) is 11.0. The van der Waals surface area contributed by atoms with Crippen LogP contribution in [0.3, 0.4) is 0 Å². The van der Waals surface area contributed by atoms with Crippen molar-refractivity contribution < 1.29 is 14.4 Å². The van der Waals surface area contributed by atoms with Crippen LogP contribution >= 0.6 is 0 Å². The van der Waals surface area contributed by atoms with Crippen molar-refractivity contribution in [3.05, 3.63) is 30.4 Å². The summed E-state index contributed by atoms with van der Waals surface area (Å²) in [4.78, 5) is 19.7. The molecule has 20 heavy (non-hydrogen) atoms. The second-order valence-electron chi connectivity index (χ2n) is 5.22. The molecule has 2 aromatic rings. The minimum absolute atomic E-state index is 0.306. The predicted octanol–water partition coefficient (Wildman–Crippen LogP) is 2.32. The standard InChI is InChI=1S/C14H15N3O3/c18-13(19)14(5-1-2-6-14)9-11-16-12(17-20-11)10-3-7-15-8-4-10/h3-4,7-8H,1-2,5-6,9H2,(H,18,19). The molecule has 2 aromatic heterocycles. The van der Waals surface area contributed by atoms with Gasteiger partial charge in [0.2, 0.25) is 11.7 Å². The fourth-order valence-corrected chi connectivity index (χ4v) is 2.75. The molecule has 0 aromatic carbocycles. The number of carboxylic acid groups (broad SMARTS) is 1. The topological polar surface area (TPSA) is 89.1 Å². The average Bonchev–Trinajstić information content (AvgIpc) is 3.10. The Balaban J connectivity index is 1.82. The van der Waals surface area contributed by atoms with E-state index in [9.17, 15) is 9.90 Å². The highest BCUT2D eigenvalue weighted by molar-refractivity contribution is 5.75. The minimum Gasteiger partial charge on any atom is -0.481 e. The first-order valence-corrected chi connectivity index (χ1v) is 6.66. The van der Waals surface area contributed by atoms with Crippen molar-refractivity contribution in [2.24, 2.45) is 5.41 Å². The fourth-order valence-electron chi connectivity index (χ4n) is 2.75. The summed E-state index contributed by atoms with van der Waals surface area (Å²) in [5, 5.41) is 13.4. The first-order valence-electron chi connectivity index (χ1n) is 6.66. The van der Waals surface area contributed by atoms with Crippen molar-refractivity contribution in [1.82, 2.24) is 15.1 Å². The maximum absolute atomic E-state index is 11.5. The monoisotopic (exact) mass is 273 g/mol. The molecule has 6 nitrogen and oxygen atoms in total. The lowest BCUT2D eigenvalue weighted by Gasteiger charge is -2.21. The van der Waals surface area contributed by atoms with Crippen molar-refractivity contribution in [3.63, 3.8) is 0 Å². The van der Waals surface area contributed by atoms with E-state index in [-0.39, 0.29) is 0 Å². The number of aliphatic carboxylic acids is 1. The van der Waals surface area contributed by atoms with E-state index in [1.807, 2.05) is 0 Å². The Morgan fingerprint density at radius 2 is 2.00 bits per heavy atom. The molecular weight excluding hydrogens is 258 g/mol. The summed E-state index contributed by atoms with van der Waals surface area (Å²) in [5.41, 5.74) is 0.0768. The van der Waals surface area contributed by atoms with Crippen LogP contribution in [0.25, 0.3) is 11.4 Å². The first kappa shape index (κ1) is 12.8. The molecule has 1 fully saturated rings. The van der Waals surface area contributed by atoms with Crippen molar-refractivity contribution >= 4 is 5.97 Å². The molecule has 1 N–H and O–H groups in total. The summed E-state index contributed by atoms with van der Waals surface area (Å²) in [6, 6.07) is 3.58. The van der Waals surface area contributed by atoms with Crippen LogP contribution in [-0.4, -0.2) is 26.2 Å². The van der Waals surface area contributed by atoms with Gasteiger partial charge in [-0.05, 0) is 25.0 Å². The smallest absolute Gasteiger partial charge is 0.310 e. The molecule has 6 heteroatoms. The van der Waals surface area contributed by atoms with E-state index in [1.165, 1.54) is 0 Å². The molecule has 1 aliphatic rings. The molecule has 0 atom stereocenters. The zero-order valence-electron chi connectivity index (χ0n) is 11.0. The van der Waals surface area contributed by atoms with Gasteiger partial charge in [-0.25, -0.2) is 0 Å². The van der Waals surface area contributed by atoms with Crippen LogP contribution in [0.1, 0.15) is 31.6 Å². The summed E-state index contributed by atoms with van der Waals surface area (Å²) in [7, 11) is 0. The molecule has 2 heterocycles. The van der Waals surface area contributed by atoms with Crippen LogP contribution in [0.4, 0.5) is 0 Å². The van der Waals surface area contributed by atoms with Crippen molar-refractivity contribution in [3.8, 4) is 11.4 Å². The van der Waals surface area contributed by atoms with Gasteiger partial charge in [0.1, 0.15) is 0 Å². The fraction of sp³-hybridized carbons (Fsp3) is 0.429. The van der Waals surface area contributed by atoms with E-state index in [2.05, 4.69) is 15.1 Å². The van der Waals surface area contributed by atoms with Crippen LogP contribution in [-0.2, 0) is 11.2 Å². The molecule has 1 saturated carbocycles. The van der Waals surface area contributed by atoms with E-state index >= 15 is 0 Å². The van der Waals surface area contributed by atoms with E-state index < -0.39 is 11.4 Å². The van der Waals surface area contributed by atoms with Crippen LogP contribution < -0.4 is 0 Å². The summed E-state index contributed by atoms with van der Waals surface area (Å²) in [5.74, 6) is 0.0979. The molecule has 0 aliphatic heterocycles. The summed E-state index contributed by atoms with van der Waals surface area (Å²) in [6.45, 7) is 0. The van der Waals surface area contributed by atoms with Gasteiger partial charge in [0.25, 0.3) is 0 Å². The molecule has 3 rings (SSSR count). The molecule has 0 spiro atoms. The maximum atomic E-state index is 11.5. The second kappa shape index (κ2) is 5.03. The molecule has 0 saturated heterocycles. The van der Waals surface area contributed by atoms with Gasteiger partial charge in [0.05, 0.1) is 5.41 Å². The quantitative estimate of drug-likeness (QED) is 0.919. The van der Waals surface area contributed by atoms with Gasteiger partial charge < -0.3 is 9.63 Å². The van der Waals surface area contributed by atoms with Crippen molar-refractivity contribution in [1.29, 1.82) is 0 Å². The lowest BCUT2D eigenvalue weighted by molar-refractivity contribution is -0.148. The van der Waals surface area contributed by atoms with Gasteiger partial charge in [-0.3, -0.25) is 9.78 Å². The van der Waals surface area contributed by atoms with Crippen LogP contribution in [0.2, 0.25) is 0 Å². The normalized spacial score (nSPS) is 17.2. The largest absolute Gasteiger partial charge is 0.481 e. The highest BCUT2D eigenvalue weighted by atomic mass is 16.5. The minimum atomic E-state index is -0.765. The number of nitrogens with zero attached hydrogens (tertiary/aromatic N) is 3. The Morgan fingerprint density at radius 1 is 1.30 bits per heavy atom. The average molecular weight is 273 g/mol. The van der Waals surface area contributed by atoms with Crippen LogP contribution in [0, 0.1) is 5.41 Å². The lowest BCUT2D eigenvalue weighted by atomic mass is 9.83. The molecule has 0 unspecified atom stereocenters. The van der Waals surface area contributed by atoms with Gasteiger partial charge in [0, 0.05) is 24.4 Å². The number of aromatic nitrogens is 3. The Labute approximate surface area is 115 Å². The van der Waals surface area contributed by atoms with E-state index in [0.29, 0.717) is 31.0 Å². The lowest BCUT2D eigenvalue weighted by Crippen LogP contribution is -2.30. The van der Waals surface area contributed by atoms with Gasteiger partial charge in [-0.2, -0.15) is 4.98 Å². The first-order chi connectivity index (χ1) is 9.70. The molecular formula is C14H15N3O3. The Hall–Kier alpha value is -2.24. The third-order valence-electron chi connectivity index (χ3n) is 3.91. The zero-order chi connectivity index (χ0) is 14.0. The van der Waals surface area contributed by atoms with Crippen molar-refractivity contribution in [2.75, 3.05) is 0 Å². The van der Waals surface area contributed by atoms with E-state index in [0.717, 1.165) is 18.4 Å². The number of carbonyl (C=O) groups is 1. The van der Waals surface area contributed by atoms with Gasteiger partial charge >= 0.3 is 5.97 Å². The van der Waals surface area contributed by atoms with E-state index in [4.69, 9.17) is 4.52 Å². The number of hydrogen-bond acceptors (Lipinski definition) is 5. The number of hydrogen-bond donors (Lipinski definition) is 1. The molecule has 1 aliphatic carbocycles. The molecule has 0 radical (unpaired) electrons. The summed E-state index contributed by atoms with van der Waals surface area (Å²) in [6.07, 6.45) is 6.85. The van der Waals surface area contributed by atoms with Crippen LogP contribution in [0.15, 0.2) is 29.0 Å². The SMILES string of the molecule is O=C(O)C1(Cc2nc(-c3ccncc3)no2)CCCC1. The molecule has 0 bridgehead atoms. The third kappa shape index (κ3) is 2.29. The maximum Gasteiger partial charge on any atom is 0.310 e. The van der Waals surface area contributed by atoms with Crippen LogP contribution in [0.5, 0.6) is 0 Å². The highest BCUT2D eigenvalue weighted by Crippen LogP contribution is 2.41.